The molecule has 0 aliphatic carbocycles. The second kappa shape index (κ2) is 8.31. The van der Waals surface area contributed by atoms with E-state index in [2.05, 4.69) is 15.5 Å². The Morgan fingerprint density at radius 3 is 2.66 bits per heavy atom. The molecule has 3 aromatic rings. The Labute approximate surface area is 177 Å². The Balaban J connectivity index is 1.44. The monoisotopic (exact) mass is 448 g/mol. The second-order valence-electron chi connectivity index (χ2n) is 6.83. The lowest BCUT2D eigenvalue weighted by molar-refractivity contribution is -0.120. The van der Waals surface area contributed by atoms with Crippen LogP contribution in [0.15, 0.2) is 46.7 Å². The average Bonchev–Trinajstić information content (AvgIpc) is 3.38. The fourth-order valence-corrected chi connectivity index (χ4v) is 6.94. The van der Waals surface area contributed by atoms with Crippen LogP contribution in [0.5, 0.6) is 0 Å². The fourth-order valence-electron chi connectivity index (χ4n) is 3.23. The standard InChI is InChI=1S/C19H20N4O3S3/c1-13-9-10-16(27-13)29(25,26)23-11-5-8-15(12-23)17(24)20-19-22-21-18(28-19)14-6-3-2-4-7-14/h2-4,6-7,9-10,15H,5,8,11-12H2,1H3,(H,20,22,24). The Morgan fingerprint density at radius 1 is 1.14 bits per heavy atom. The van der Waals surface area contributed by atoms with E-state index in [4.69, 9.17) is 0 Å². The van der Waals surface area contributed by atoms with Crippen molar-refractivity contribution in [1.82, 2.24) is 14.5 Å². The lowest BCUT2D eigenvalue weighted by Gasteiger charge is -2.30. The van der Waals surface area contributed by atoms with Crippen molar-refractivity contribution in [2.24, 2.45) is 5.92 Å². The molecule has 0 radical (unpaired) electrons. The van der Waals surface area contributed by atoms with Crippen LogP contribution < -0.4 is 5.32 Å². The number of thiophene rings is 1. The number of anilines is 1. The molecular weight excluding hydrogens is 428 g/mol. The number of amides is 1. The van der Waals surface area contributed by atoms with Gasteiger partial charge in [0.1, 0.15) is 9.22 Å². The summed E-state index contributed by atoms with van der Waals surface area (Å²) in [5, 5.41) is 12.1. The number of nitrogens with one attached hydrogen (secondary N) is 1. The van der Waals surface area contributed by atoms with Crippen molar-refractivity contribution in [1.29, 1.82) is 0 Å². The van der Waals surface area contributed by atoms with E-state index in [1.54, 1.807) is 12.1 Å². The lowest BCUT2D eigenvalue weighted by Crippen LogP contribution is -2.43. The van der Waals surface area contributed by atoms with E-state index in [1.165, 1.54) is 27.0 Å². The maximum atomic E-state index is 12.9. The molecule has 0 bridgehead atoms. The minimum atomic E-state index is -3.57. The maximum absolute atomic E-state index is 12.9. The molecule has 152 valence electrons. The van der Waals surface area contributed by atoms with Gasteiger partial charge in [-0.3, -0.25) is 4.79 Å². The minimum Gasteiger partial charge on any atom is -0.300 e. The first kappa shape index (κ1) is 20.1. The number of nitrogens with zero attached hydrogens (tertiary/aromatic N) is 3. The largest absolute Gasteiger partial charge is 0.300 e. The second-order valence-corrected chi connectivity index (χ2v) is 11.3. The van der Waals surface area contributed by atoms with Crippen molar-refractivity contribution >= 4 is 43.7 Å². The van der Waals surface area contributed by atoms with Crippen molar-refractivity contribution in [3.05, 3.63) is 47.3 Å². The summed E-state index contributed by atoms with van der Waals surface area (Å²) in [4.78, 5) is 13.7. The molecule has 10 heteroatoms. The number of sulfonamides is 1. The summed E-state index contributed by atoms with van der Waals surface area (Å²) in [7, 11) is -3.57. The van der Waals surface area contributed by atoms with E-state index in [0.29, 0.717) is 28.7 Å². The first-order valence-corrected chi connectivity index (χ1v) is 12.3. The molecule has 1 amide bonds. The minimum absolute atomic E-state index is 0.176. The topological polar surface area (TPSA) is 92.3 Å². The molecule has 1 atom stereocenters. The number of rotatable bonds is 5. The Morgan fingerprint density at radius 2 is 1.93 bits per heavy atom. The van der Waals surface area contributed by atoms with Crippen LogP contribution in [0.3, 0.4) is 0 Å². The van der Waals surface area contributed by atoms with E-state index in [9.17, 15) is 13.2 Å². The van der Waals surface area contributed by atoms with Gasteiger partial charge in [-0.15, -0.1) is 21.5 Å². The Bertz CT molecular complexity index is 1110. The third-order valence-corrected chi connectivity index (χ3v) is 8.96. The predicted octanol–water partition coefficient (Wildman–Crippen LogP) is 3.61. The fraction of sp³-hybridized carbons (Fsp3) is 0.316. The van der Waals surface area contributed by atoms with Gasteiger partial charge in [-0.1, -0.05) is 41.7 Å². The molecule has 1 saturated heterocycles. The molecular formula is C19H20N4O3S3. The van der Waals surface area contributed by atoms with E-state index in [0.717, 1.165) is 15.4 Å². The summed E-state index contributed by atoms with van der Waals surface area (Å²) in [5.41, 5.74) is 0.937. The highest BCUT2D eigenvalue weighted by atomic mass is 32.2. The number of piperidine rings is 1. The number of hydrogen-bond acceptors (Lipinski definition) is 7. The van der Waals surface area contributed by atoms with Gasteiger partial charge in [-0.25, -0.2) is 8.42 Å². The van der Waals surface area contributed by atoms with Crippen LogP contribution in [-0.4, -0.2) is 41.9 Å². The van der Waals surface area contributed by atoms with Gasteiger partial charge in [0.05, 0.1) is 5.92 Å². The van der Waals surface area contributed by atoms with Crippen molar-refractivity contribution in [2.75, 3.05) is 18.4 Å². The molecule has 0 spiro atoms. The lowest BCUT2D eigenvalue weighted by atomic mass is 9.99. The van der Waals surface area contributed by atoms with Crippen LogP contribution in [0.4, 0.5) is 5.13 Å². The van der Waals surface area contributed by atoms with Gasteiger partial charge in [-0.2, -0.15) is 4.31 Å². The van der Waals surface area contributed by atoms with Gasteiger partial charge in [-0.05, 0) is 31.9 Å². The third kappa shape index (κ3) is 4.40. The highest BCUT2D eigenvalue weighted by Gasteiger charge is 2.34. The molecule has 1 unspecified atom stereocenters. The molecule has 4 rings (SSSR count). The van der Waals surface area contributed by atoms with Gasteiger partial charge < -0.3 is 5.32 Å². The number of carbonyl (C=O) groups is 1. The van der Waals surface area contributed by atoms with Crippen LogP contribution in [0, 0.1) is 12.8 Å². The number of hydrogen-bond donors (Lipinski definition) is 1. The quantitative estimate of drug-likeness (QED) is 0.644. The summed E-state index contributed by atoms with van der Waals surface area (Å²) in [6.45, 7) is 2.48. The third-order valence-electron chi connectivity index (χ3n) is 4.74. The number of carbonyl (C=O) groups excluding carboxylic acids is 1. The van der Waals surface area contributed by atoms with E-state index in [-0.39, 0.29) is 12.5 Å². The molecule has 1 aromatic carbocycles. The highest BCUT2D eigenvalue weighted by molar-refractivity contribution is 7.91. The molecule has 0 saturated carbocycles. The van der Waals surface area contributed by atoms with E-state index >= 15 is 0 Å². The zero-order valence-electron chi connectivity index (χ0n) is 15.7. The van der Waals surface area contributed by atoms with Gasteiger partial charge in [0.15, 0.2) is 0 Å². The zero-order valence-corrected chi connectivity index (χ0v) is 18.2. The Hall–Kier alpha value is -2.14. The summed E-state index contributed by atoms with van der Waals surface area (Å²) in [6.07, 6.45) is 1.29. The van der Waals surface area contributed by atoms with Crippen LogP contribution in [0.1, 0.15) is 17.7 Å². The molecule has 7 nitrogen and oxygen atoms in total. The first-order valence-electron chi connectivity index (χ1n) is 9.20. The molecule has 1 N–H and O–H groups in total. The average molecular weight is 449 g/mol. The summed E-state index contributed by atoms with van der Waals surface area (Å²) < 4.78 is 27.5. The summed E-state index contributed by atoms with van der Waals surface area (Å²) in [6, 6.07) is 13.1. The van der Waals surface area contributed by atoms with Gasteiger partial charge in [0, 0.05) is 23.5 Å². The number of aromatic nitrogens is 2. The highest BCUT2D eigenvalue weighted by Crippen LogP contribution is 2.30. The van der Waals surface area contributed by atoms with Crippen molar-refractivity contribution in [2.45, 2.75) is 24.0 Å². The van der Waals surface area contributed by atoms with Gasteiger partial charge >= 0.3 is 0 Å². The number of benzene rings is 1. The maximum Gasteiger partial charge on any atom is 0.252 e. The van der Waals surface area contributed by atoms with Crippen LogP contribution >= 0.6 is 22.7 Å². The predicted molar refractivity (Wildman–Crippen MR) is 115 cm³/mol. The molecule has 1 aliphatic heterocycles. The molecule has 3 heterocycles. The Kier molecular flexibility index (Phi) is 5.77. The van der Waals surface area contributed by atoms with Crippen LogP contribution in [0.25, 0.3) is 10.6 Å². The van der Waals surface area contributed by atoms with Gasteiger partial charge in [0.2, 0.25) is 11.0 Å². The van der Waals surface area contributed by atoms with Crippen molar-refractivity contribution < 1.29 is 13.2 Å². The summed E-state index contributed by atoms with van der Waals surface area (Å²) >= 11 is 2.55. The van der Waals surface area contributed by atoms with E-state index in [1.807, 2.05) is 37.3 Å². The SMILES string of the molecule is Cc1ccc(S(=O)(=O)N2CCCC(C(=O)Nc3nnc(-c4ccccc4)s3)C2)s1. The molecule has 2 aromatic heterocycles. The molecule has 29 heavy (non-hydrogen) atoms. The van der Waals surface area contributed by atoms with Crippen molar-refractivity contribution in [3.8, 4) is 10.6 Å². The zero-order chi connectivity index (χ0) is 20.4. The summed E-state index contributed by atoms with van der Waals surface area (Å²) in [5.74, 6) is -0.633. The van der Waals surface area contributed by atoms with Crippen LogP contribution in [0.2, 0.25) is 0 Å². The first-order chi connectivity index (χ1) is 13.9. The van der Waals surface area contributed by atoms with E-state index < -0.39 is 15.9 Å². The molecule has 1 fully saturated rings. The number of aryl methyl sites for hydroxylation is 1. The van der Waals surface area contributed by atoms with Crippen LogP contribution in [-0.2, 0) is 14.8 Å². The van der Waals surface area contributed by atoms with Crippen molar-refractivity contribution in [3.63, 3.8) is 0 Å². The normalized spacial score (nSPS) is 17.9. The smallest absolute Gasteiger partial charge is 0.252 e. The molecule has 1 aliphatic rings. The van der Waals surface area contributed by atoms with Gasteiger partial charge in [0.25, 0.3) is 10.0 Å².